The van der Waals surface area contributed by atoms with Crippen LogP contribution in [-0.2, 0) is 4.74 Å². The standard InChI is InChI=1S/C17H18BrN3OS2/c18-11-8-14(24-10-11)16-15(13-5-1-2-6-19-13)20-17(23)21(16)9-12-4-3-7-22-12/h1-2,5-6,8,10,12,15-16H,3-4,7,9H2,(H,20,23)/t12-,15+,16-/m0/s1. The van der Waals surface area contributed by atoms with Gasteiger partial charge in [-0.1, -0.05) is 6.07 Å². The number of aromatic nitrogens is 1. The summed E-state index contributed by atoms with van der Waals surface area (Å²) in [6.07, 6.45) is 4.34. The van der Waals surface area contributed by atoms with Crippen molar-refractivity contribution >= 4 is 44.6 Å². The highest BCUT2D eigenvalue weighted by atomic mass is 79.9. The van der Waals surface area contributed by atoms with Gasteiger partial charge >= 0.3 is 0 Å². The lowest BCUT2D eigenvalue weighted by Gasteiger charge is -2.28. The van der Waals surface area contributed by atoms with E-state index in [0.717, 1.165) is 41.3 Å². The minimum absolute atomic E-state index is 0.0608. The first-order valence-electron chi connectivity index (χ1n) is 8.06. The predicted molar refractivity (Wildman–Crippen MR) is 103 cm³/mol. The molecule has 126 valence electrons. The molecule has 0 aliphatic carbocycles. The second-order valence-corrected chi connectivity index (χ2v) is 8.33. The fourth-order valence-electron chi connectivity index (χ4n) is 3.40. The fraction of sp³-hybridized carbons (Fsp3) is 0.412. The number of rotatable bonds is 4. The number of ether oxygens (including phenoxy) is 1. The Labute approximate surface area is 159 Å². The molecule has 2 aliphatic heterocycles. The monoisotopic (exact) mass is 423 g/mol. The first-order valence-corrected chi connectivity index (χ1v) is 10.1. The summed E-state index contributed by atoms with van der Waals surface area (Å²) in [5.74, 6) is 0. The molecule has 7 heteroatoms. The zero-order chi connectivity index (χ0) is 16.5. The summed E-state index contributed by atoms with van der Waals surface area (Å²) in [4.78, 5) is 8.12. The van der Waals surface area contributed by atoms with Gasteiger partial charge in [0.05, 0.1) is 23.9 Å². The SMILES string of the molecule is S=C1N[C@H](c2ccccn2)[C@H](c2cc(Br)cs2)N1C[C@@H]1CCCO1. The van der Waals surface area contributed by atoms with Crippen LogP contribution in [0.4, 0.5) is 0 Å². The summed E-state index contributed by atoms with van der Waals surface area (Å²) in [6, 6.07) is 8.42. The average Bonchev–Trinajstić information content (AvgIpc) is 3.31. The third-order valence-electron chi connectivity index (χ3n) is 4.50. The molecule has 0 aromatic carbocycles. The summed E-state index contributed by atoms with van der Waals surface area (Å²) >= 11 is 11.0. The van der Waals surface area contributed by atoms with Crippen molar-refractivity contribution in [2.45, 2.75) is 31.0 Å². The third kappa shape index (κ3) is 3.22. The van der Waals surface area contributed by atoms with Gasteiger partial charge in [-0.2, -0.15) is 0 Å². The van der Waals surface area contributed by atoms with Crippen molar-refractivity contribution < 1.29 is 4.74 Å². The van der Waals surface area contributed by atoms with E-state index in [4.69, 9.17) is 17.0 Å². The number of nitrogens with one attached hydrogen (secondary N) is 1. The lowest BCUT2D eigenvalue weighted by molar-refractivity contribution is 0.0846. The van der Waals surface area contributed by atoms with Crippen molar-refractivity contribution in [2.75, 3.05) is 13.2 Å². The Kier molecular flexibility index (Phi) is 4.85. The highest BCUT2D eigenvalue weighted by Gasteiger charge is 2.41. The Balaban J connectivity index is 1.67. The van der Waals surface area contributed by atoms with E-state index in [2.05, 4.69) is 48.6 Å². The molecular formula is C17H18BrN3OS2. The molecule has 1 N–H and O–H groups in total. The Morgan fingerprint density at radius 2 is 2.38 bits per heavy atom. The van der Waals surface area contributed by atoms with Crippen LogP contribution in [0.2, 0.25) is 0 Å². The molecule has 0 radical (unpaired) electrons. The van der Waals surface area contributed by atoms with Crippen molar-refractivity contribution in [2.24, 2.45) is 0 Å². The largest absolute Gasteiger partial charge is 0.376 e. The number of pyridine rings is 1. The van der Waals surface area contributed by atoms with Gasteiger partial charge in [0.15, 0.2) is 5.11 Å². The van der Waals surface area contributed by atoms with Crippen molar-refractivity contribution in [1.29, 1.82) is 0 Å². The molecule has 0 unspecified atom stereocenters. The van der Waals surface area contributed by atoms with Crippen LogP contribution in [0.25, 0.3) is 0 Å². The van der Waals surface area contributed by atoms with Gasteiger partial charge in [-0.05, 0) is 59.2 Å². The molecule has 2 aromatic heterocycles. The number of hydrogen-bond donors (Lipinski definition) is 1. The van der Waals surface area contributed by atoms with Crippen molar-refractivity contribution in [3.05, 3.63) is 50.9 Å². The van der Waals surface area contributed by atoms with Gasteiger partial charge in [-0.3, -0.25) is 4.98 Å². The maximum Gasteiger partial charge on any atom is 0.170 e. The highest BCUT2D eigenvalue weighted by molar-refractivity contribution is 9.10. The van der Waals surface area contributed by atoms with E-state index in [1.54, 1.807) is 11.3 Å². The first kappa shape index (κ1) is 16.4. The van der Waals surface area contributed by atoms with Gasteiger partial charge in [-0.25, -0.2) is 0 Å². The van der Waals surface area contributed by atoms with Gasteiger partial charge in [0.25, 0.3) is 0 Å². The highest BCUT2D eigenvalue weighted by Crippen LogP contribution is 2.42. The van der Waals surface area contributed by atoms with Crippen LogP contribution >= 0.6 is 39.5 Å². The van der Waals surface area contributed by atoms with E-state index in [0.29, 0.717) is 0 Å². The smallest absolute Gasteiger partial charge is 0.170 e. The van der Waals surface area contributed by atoms with Crippen LogP contribution in [0.15, 0.2) is 40.3 Å². The molecule has 4 nitrogen and oxygen atoms in total. The molecule has 0 bridgehead atoms. The molecule has 0 spiro atoms. The topological polar surface area (TPSA) is 37.4 Å². The molecule has 4 heterocycles. The van der Waals surface area contributed by atoms with Crippen LogP contribution in [0.1, 0.15) is 35.5 Å². The number of thiocarbonyl (C=S) groups is 1. The van der Waals surface area contributed by atoms with E-state index in [1.807, 2.05) is 18.3 Å². The van der Waals surface area contributed by atoms with E-state index in [-0.39, 0.29) is 18.2 Å². The zero-order valence-electron chi connectivity index (χ0n) is 13.0. The maximum atomic E-state index is 5.84. The van der Waals surface area contributed by atoms with Crippen LogP contribution in [-0.4, -0.2) is 34.3 Å². The van der Waals surface area contributed by atoms with Gasteiger partial charge < -0.3 is 15.0 Å². The number of halogens is 1. The molecule has 4 rings (SSSR count). The van der Waals surface area contributed by atoms with E-state index in [9.17, 15) is 0 Å². The van der Waals surface area contributed by atoms with E-state index in [1.165, 1.54) is 4.88 Å². The fourth-order valence-corrected chi connectivity index (χ4v) is 5.31. The molecule has 2 saturated heterocycles. The Morgan fingerprint density at radius 3 is 3.04 bits per heavy atom. The number of hydrogen-bond acceptors (Lipinski definition) is 4. The van der Waals surface area contributed by atoms with E-state index >= 15 is 0 Å². The predicted octanol–water partition coefficient (Wildman–Crippen LogP) is 4.06. The third-order valence-corrected chi connectivity index (χ3v) is 6.62. The lowest BCUT2D eigenvalue weighted by Crippen LogP contribution is -2.36. The lowest BCUT2D eigenvalue weighted by atomic mass is 10.0. The number of nitrogens with zero attached hydrogens (tertiary/aromatic N) is 2. The van der Waals surface area contributed by atoms with Gasteiger partial charge in [-0.15, -0.1) is 11.3 Å². The minimum Gasteiger partial charge on any atom is -0.376 e. The minimum atomic E-state index is 0.0608. The molecule has 24 heavy (non-hydrogen) atoms. The quantitative estimate of drug-likeness (QED) is 0.750. The maximum absolute atomic E-state index is 5.84. The van der Waals surface area contributed by atoms with Crippen molar-refractivity contribution in [3.8, 4) is 0 Å². The molecule has 3 atom stereocenters. The summed E-state index contributed by atoms with van der Waals surface area (Å²) in [5, 5.41) is 6.39. The van der Waals surface area contributed by atoms with Gasteiger partial charge in [0.2, 0.25) is 0 Å². The van der Waals surface area contributed by atoms with Crippen molar-refractivity contribution in [1.82, 2.24) is 15.2 Å². The molecule has 2 fully saturated rings. The Hall–Kier alpha value is -1.02. The summed E-state index contributed by atoms with van der Waals surface area (Å²) in [7, 11) is 0. The summed E-state index contributed by atoms with van der Waals surface area (Å²) in [6.45, 7) is 1.69. The van der Waals surface area contributed by atoms with E-state index < -0.39 is 0 Å². The zero-order valence-corrected chi connectivity index (χ0v) is 16.2. The number of thiophene rings is 1. The normalized spacial score (nSPS) is 26.8. The molecular weight excluding hydrogens is 406 g/mol. The van der Waals surface area contributed by atoms with Crippen LogP contribution in [0.3, 0.4) is 0 Å². The van der Waals surface area contributed by atoms with Crippen LogP contribution in [0.5, 0.6) is 0 Å². The first-order chi connectivity index (χ1) is 11.7. The van der Waals surface area contributed by atoms with Crippen molar-refractivity contribution in [3.63, 3.8) is 0 Å². The molecule has 2 aromatic rings. The Morgan fingerprint density at radius 1 is 1.46 bits per heavy atom. The van der Waals surface area contributed by atoms with Crippen LogP contribution < -0.4 is 5.32 Å². The van der Waals surface area contributed by atoms with Gasteiger partial charge in [0, 0.05) is 34.1 Å². The second-order valence-electron chi connectivity index (χ2n) is 6.08. The molecule has 0 saturated carbocycles. The van der Waals surface area contributed by atoms with Crippen LogP contribution in [0, 0.1) is 0 Å². The molecule has 2 aliphatic rings. The Bertz CT molecular complexity index is 718. The average molecular weight is 424 g/mol. The summed E-state index contributed by atoms with van der Waals surface area (Å²) < 4.78 is 6.95. The van der Waals surface area contributed by atoms with Gasteiger partial charge in [0.1, 0.15) is 0 Å². The second kappa shape index (κ2) is 7.07. The summed E-state index contributed by atoms with van der Waals surface area (Å²) in [5.41, 5.74) is 1.02. The molecule has 0 amide bonds.